The fraction of sp³-hybridized carbons (Fsp3) is 0.588. The van der Waals surface area contributed by atoms with Crippen molar-refractivity contribution < 1.29 is 9.47 Å². The van der Waals surface area contributed by atoms with Crippen LogP contribution in [0, 0.1) is 0 Å². The maximum atomic E-state index is 5.87. The maximum absolute atomic E-state index is 5.87. The third-order valence-corrected chi connectivity index (χ3v) is 3.05. The van der Waals surface area contributed by atoms with E-state index in [0.717, 1.165) is 37.0 Å². The van der Waals surface area contributed by atoms with E-state index in [1.165, 1.54) is 6.42 Å². The van der Waals surface area contributed by atoms with E-state index in [4.69, 9.17) is 9.47 Å². The lowest BCUT2D eigenvalue weighted by Gasteiger charge is -2.15. The van der Waals surface area contributed by atoms with E-state index in [2.05, 4.69) is 29.5 Å². The summed E-state index contributed by atoms with van der Waals surface area (Å²) >= 11 is 0. The molecule has 0 fully saturated rings. The number of ether oxygens (including phenoxy) is 2. The lowest BCUT2D eigenvalue weighted by molar-refractivity contribution is 0.229. The summed E-state index contributed by atoms with van der Waals surface area (Å²) in [7, 11) is 1.65. The molecule has 0 heterocycles. The van der Waals surface area contributed by atoms with Crippen LogP contribution in [0.15, 0.2) is 29.3 Å². The molecule has 2 N–H and O–H groups in total. The van der Waals surface area contributed by atoms with Crippen molar-refractivity contribution in [2.24, 2.45) is 4.99 Å². The molecule has 0 aromatic heterocycles. The van der Waals surface area contributed by atoms with Crippen LogP contribution in [-0.4, -0.2) is 38.8 Å². The molecule has 1 rings (SSSR count). The number of nitrogens with zero attached hydrogens (tertiary/aromatic N) is 1. The highest BCUT2D eigenvalue weighted by Crippen LogP contribution is 2.19. The third kappa shape index (κ3) is 7.20. The summed E-state index contributed by atoms with van der Waals surface area (Å²) in [6.07, 6.45) is 2.30. The smallest absolute Gasteiger partial charge is 0.191 e. The number of hydrogen-bond donors (Lipinski definition) is 2. The molecule has 0 aliphatic heterocycles. The van der Waals surface area contributed by atoms with Gasteiger partial charge < -0.3 is 20.1 Å². The second-order valence-corrected chi connectivity index (χ2v) is 5.11. The van der Waals surface area contributed by atoms with Crippen LogP contribution in [0.2, 0.25) is 0 Å². The van der Waals surface area contributed by atoms with Gasteiger partial charge in [0.25, 0.3) is 0 Å². The number of aliphatic imine (C=N–C) groups is 1. The van der Waals surface area contributed by atoms with Crippen molar-refractivity contribution in [2.45, 2.75) is 39.7 Å². The molecule has 0 aliphatic carbocycles. The fourth-order valence-corrected chi connectivity index (χ4v) is 1.89. The molecule has 22 heavy (non-hydrogen) atoms. The second-order valence-electron chi connectivity index (χ2n) is 5.11. The average molecular weight is 307 g/mol. The predicted molar refractivity (Wildman–Crippen MR) is 92.0 cm³/mol. The minimum absolute atomic E-state index is 0.00580. The Morgan fingerprint density at radius 3 is 2.68 bits per heavy atom. The number of benzene rings is 1. The van der Waals surface area contributed by atoms with Gasteiger partial charge in [0.15, 0.2) is 5.96 Å². The van der Waals surface area contributed by atoms with Gasteiger partial charge in [0, 0.05) is 19.2 Å². The molecule has 0 bridgehead atoms. The zero-order valence-electron chi connectivity index (χ0n) is 14.2. The Kier molecular flexibility index (Phi) is 8.88. The van der Waals surface area contributed by atoms with E-state index < -0.39 is 0 Å². The van der Waals surface area contributed by atoms with Crippen molar-refractivity contribution in [1.29, 1.82) is 0 Å². The van der Waals surface area contributed by atoms with Gasteiger partial charge in [0.2, 0.25) is 0 Å². The third-order valence-electron chi connectivity index (χ3n) is 3.05. The highest BCUT2D eigenvalue weighted by molar-refractivity contribution is 5.79. The van der Waals surface area contributed by atoms with E-state index in [-0.39, 0.29) is 6.10 Å². The van der Waals surface area contributed by atoms with Crippen LogP contribution in [0.3, 0.4) is 0 Å². The van der Waals surface area contributed by atoms with Crippen molar-refractivity contribution in [3.05, 3.63) is 24.3 Å². The second kappa shape index (κ2) is 10.8. The first kappa shape index (κ1) is 18.1. The van der Waals surface area contributed by atoms with Gasteiger partial charge >= 0.3 is 0 Å². The molecule has 0 aliphatic rings. The van der Waals surface area contributed by atoms with Crippen molar-refractivity contribution >= 4 is 5.96 Å². The Morgan fingerprint density at radius 1 is 1.23 bits per heavy atom. The molecule has 0 spiro atoms. The Bertz CT molecular complexity index is 449. The zero-order valence-corrected chi connectivity index (χ0v) is 14.2. The number of rotatable bonds is 9. The first-order valence-electron chi connectivity index (χ1n) is 8.02. The minimum atomic E-state index is -0.00580. The summed E-state index contributed by atoms with van der Waals surface area (Å²) in [6.45, 7) is 8.64. The minimum Gasteiger partial charge on any atom is -0.497 e. The quantitative estimate of drug-likeness (QED) is 0.418. The first-order valence-corrected chi connectivity index (χ1v) is 8.02. The van der Waals surface area contributed by atoms with Crippen LogP contribution in [-0.2, 0) is 0 Å². The lowest BCUT2D eigenvalue weighted by atomic mass is 10.3. The molecular weight excluding hydrogens is 278 g/mol. The molecule has 5 nitrogen and oxygen atoms in total. The summed E-state index contributed by atoms with van der Waals surface area (Å²) < 4.78 is 11.1. The van der Waals surface area contributed by atoms with Crippen LogP contribution in [0.1, 0.15) is 33.6 Å². The lowest BCUT2D eigenvalue weighted by Crippen LogP contribution is -2.38. The molecule has 0 saturated carbocycles. The Hall–Kier alpha value is -1.91. The number of nitrogens with one attached hydrogen (secondary N) is 2. The van der Waals surface area contributed by atoms with Crippen molar-refractivity contribution in [1.82, 2.24) is 10.6 Å². The van der Waals surface area contributed by atoms with Gasteiger partial charge in [-0.25, -0.2) is 4.99 Å². The van der Waals surface area contributed by atoms with Crippen molar-refractivity contribution in [3.8, 4) is 11.5 Å². The summed E-state index contributed by atoms with van der Waals surface area (Å²) in [6, 6.07) is 7.62. The number of hydrogen-bond acceptors (Lipinski definition) is 3. The molecule has 5 heteroatoms. The Labute approximate surface area is 134 Å². The van der Waals surface area contributed by atoms with E-state index in [1.807, 2.05) is 31.2 Å². The fourth-order valence-electron chi connectivity index (χ4n) is 1.89. The van der Waals surface area contributed by atoms with E-state index in [9.17, 15) is 0 Å². The van der Waals surface area contributed by atoms with Crippen LogP contribution in [0.4, 0.5) is 0 Å². The normalized spacial score (nSPS) is 12.6. The van der Waals surface area contributed by atoms with Gasteiger partial charge in [-0.05, 0) is 32.4 Å². The zero-order chi connectivity index (χ0) is 16.2. The van der Waals surface area contributed by atoms with E-state index >= 15 is 0 Å². The molecule has 0 radical (unpaired) electrons. The summed E-state index contributed by atoms with van der Waals surface area (Å²) in [5.74, 6) is 2.44. The molecule has 1 aromatic carbocycles. The predicted octanol–water partition coefficient (Wildman–Crippen LogP) is 2.82. The highest BCUT2D eigenvalue weighted by atomic mass is 16.5. The summed E-state index contributed by atoms with van der Waals surface area (Å²) in [4.78, 5) is 4.56. The van der Waals surface area contributed by atoms with Crippen LogP contribution in [0.25, 0.3) is 0 Å². The molecule has 0 amide bonds. The van der Waals surface area contributed by atoms with Crippen molar-refractivity contribution in [2.75, 3.05) is 26.7 Å². The summed E-state index contributed by atoms with van der Waals surface area (Å²) in [5, 5.41) is 6.56. The van der Waals surface area contributed by atoms with E-state index in [1.54, 1.807) is 7.11 Å². The molecule has 1 unspecified atom stereocenters. The molecular formula is C17H29N3O2. The number of methoxy groups -OCH3 is 1. The standard InChI is InChI=1S/C17H29N3O2/c1-5-7-11-19-17(18-6-2)20-13-14(3)22-16-10-8-9-15(12-16)21-4/h8-10,12,14H,5-7,11,13H2,1-4H3,(H2,18,19,20). The SMILES string of the molecule is CCCCNC(=NCC(C)Oc1cccc(OC)c1)NCC. The monoisotopic (exact) mass is 307 g/mol. The van der Waals surface area contributed by atoms with Crippen LogP contribution < -0.4 is 20.1 Å². The summed E-state index contributed by atoms with van der Waals surface area (Å²) in [5.41, 5.74) is 0. The van der Waals surface area contributed by atoms with Crippen LogP contribution in [0.5, 0.6) is 11.5 Å². The van der Waals surface area contributed by atoms with Crippen LogP contribution >= 0.6 is 0 Å². The van der Waals surface area contributed by atoms with Gasteiger partial charge in [-0.15, -0.1) is 0 Å². The van der Waals surface area contributed by atoms with Gasteiger partial charge in [-0.3, -0.25) is 0 Å². The number of unbranched alkanes of at least 4 members (excludes halogenated alkanes) is 1. The van der Waals surface area contributed by atoms with Gasteiger partial charge in [0.05, 0.1) is 13.7 Å². The largest absolute Gasteiger partial charge is 0.497 e. The molecule has 1 atom stereocenters. The highest BCUT2D eigenvalue weighted by Gasteiger charge is 2.05. The maximum Gasteiger partial charge on any atom is 0.191 e. The van der Waals surface area contributed by atoms with Gasteiger partial charge in [0.1, 0.15) is 17.6 Å². The Morgan fingerprint density at radius 2 is 2.00 bits per heavy atom. The molecule has 0 saturated heterocycles. The molecule has 1 aromatic rings. The average Bonchev–Trinajstić information content (AvgIpc) is 2.53. The van der Waals surface area contributed by atoms with E-state index in [0.29, 0.717) is 6.54 Å². The van der Waals surface area contributed by atoms with Gasteiger partial charge in [-0.1, -0.05) is 19.4 Å². The Balaban J connectivity index is 2.49. The topological polar surface area (TPSA) is 54.9 Å². The van der Waals surface area contributed by atoms with Crippen molar-refractivity contribution in [3.63, 3.8) is 0 Å². The molecule has 124 valence electrons. The first-order chi connectivity index (χ1) is 10.7. The van der Waals surface area contributed by atoms with Gasteiger partial charge in [-0.2, -0.15) is 0 Å². The number of guanidine groups is 1.